The molecule has 3 aromatic heterocycles. The fourth-order valence-electron chi connectivity index (χ4n) is 3.18. The van der Waals surface area contributed by atoms with Crippen LogP contribution in [0.25, 0.3) is 5.82 Å². The molecule has 128 valence electrons. The van der Waals surface area contributed by atoms with Crippen LogP contribution < -0.4 is 0 Å². The summed E-state index contributed by atoms with van der Waals surface area (Å²) in [6.45, 7) is 3.74. The fraction of sp³-hybridized carbons (Fsp3) is 0.333. The van der Waals surface area contributed by atoms with E-state index in [0.29, 0.717) is 5.56 Å². The van der Waals surface area contributed by atoms with E-state index in [1.165, 1.54) is 5.01 Å². The maximum Gasteiger partial charge on any atom is 0.255 e. The molecule has 1 aliphatic rings. The highest BCUT2D eigenvalue weighted by Crippen LogP contribution is 2.36. The van der Waals surface area contributed by atoms with Gasteiger partial charge in [0.05, 0.1) is 10.6 Å². The van der Waals surface area contributed by atoms with E-state index in [0.717, 1.165) is 31.7 Å². The summed E-state index contributed by atoms with van der Waals surface area (Å²) in [5.74, 6) is 0.801. The molecule has 7 heteroatoms. The van der Waals surface area contributed by atoms with Gasteiger partial charge in [0.1, 0.15) is 12.1 Å². The molecule has 3 aromatic rings. The van der Waals surface area contributed by atoms with Crippen molar-refractivity contribution in [3.63, 3.8) is 0 Å². The minimum absolute atomic E-state index is 0.0471. The smallest absolute Gasteiger partial charge is 0.255 e. The monoisotopic (exact) mass is 353 g/mol. The van der Waals surface area contributed by atoms with Crippen molar-refractivity contribution in [1.29, 1.82) is 0 Å². The maximum atomic E-state index is 12.7. The van der Waals surface area contributed by atoms with Gasteiger partial charge in [-0.05, 0) is 25.0 Å². The van der Waals surface area contributed by atoms with E-state index >= 15 is 0 Å². The maximum absolute atomic E-state index is 12.7. The minimum atomic E-state index is 0.0471. The molecule has 4 heterocycles. The van der Waals surface area contributed by atoms with Gasteiger partial charge in [0.2, 0.25) is 0 Å². The highest BCUT2D eigenvalue weighted by molar-refractivity contribution is 7.09. The van der Waals surface area contributed by atoms with Crippen LogP contribution in [0, 0.1) is 0 Å². The van der Waals surface area contributed by atoms with Crippen LogP contribution in [0.4, 0.5) is 0 Å². The van der Waals surface area contributed by atoms with Gasteiger partial charge in [0, 0.05) is 48.7 Å². The van der Waals surface area contributed by atoms with Gasteiger partial charge in [0.25, 0.3) is 5.91 Å². The van der Waals surface area contributed by atoms with Crippen molar-refractivity contribution in [2.45, 2.75) is 25.2 Å². The SMILES string of the molecule is CC1(c2nccs2)CCN(C(=O)c2ccc(-n3ccnc3)nc2)CC1. The molecule has 1 fully saturated rings. The van der Waals surface area contributed by atoms with Crippen LogP contribution >= 0.6 is 11.3 Å². The van der Waals surface area contributed by atoms with E-state index in [1.807, 2.05) is 39.4 Å². The molecule has 0 aliphatic carbocycles. The second kappa shape index (κ2) is 6.40. The average Bonchev–Trinajstić information content (AvgIpc) is 3.36. The molecule has 1 saturated heterocycles. The molecule has 1 aliphatic heterocycles. The molecule has 0 bridgehead atoms. The molecular weight excluding hydrogens is 334 g/mol. The lowest BCUT2D eigenvalue weighted by Crippen LogP contribution is -2.43. The predicted molar refractivity (Wildman–Crippen MR) is 96.0 cm³/mol. The third-order valence-electron chi connectivity index (χ3n) is 4.87. The van der Waals surface area contributed by atoms with Crippen LogP contribution in [0.5, 0.6) is 0 Å². The van der Waals surface area contributed by atoms with Crippen molar-refractivity contribution < 1.29 is 4.79 Å². The second-order valence-electron chi connectivity index (χ2n) is 6.57. The number of carbonyl (C=O) groups is 1. The van der Waals surface area contributed by atoms with Crippen molar-refractivity contribution in [3.05, 3.63) is 59.2 Å². The quantitative estimate of drug-likeness (QED) is 0.726. The molecule has 0 atom stereocenters. The number of aromatic nitrogens is 4. The molecular formula is C18H19N5OS. The van der Waals surface area contributed by atoms with Gasteiger partial charge in [0.15, 0.2) is 0 Å². The summed E-state index contributed by atoms with van der Waals surface area (Å²) in [4.78, 5) is 27.5. The topological polar surface area (TPSA) is 63.9 Å². The molecule has 0 spiro atoms. The number of hydrogen-bond acceptors (Lipinski definition) is 5. The minimum Gasteiger partial charge on any atom is -0.339 e. The first kappa shape index (κ1) is 16.0. The van der Waals surface area contributed by atoms with E-state index in [1.54, 1.807) is 30.1 Å². The zero-order valence-corrected chi connectivity index (χ0v) is 14.8. The number of likely N-dealkylation sites (tertiary alicyclic amines) is 1. The number of rotatable bonds is 3. The highest BCUT2D eigenvalue weighted by Gasteiger charge is 2.35. The largest absolute Gasteiger partial charge is 0.339 e. The first-order valence-corrected chi connectivity index (χ1v) is 9.17. The van der Waals surface area contributed by atoms with Crippen molar-refractivity contribution in [1.82, 2.24) is 24.4 Å². The van der Waals surface area contributed by atoms with Gasteiger partial charge in [-0.25, -0.2) is 15.0 Å². The number of carbonyl (C=O) groups excluding carboxylic acids is 1. The first-order valence-electron chi connectivity index (χ1n) is 8.29. The van der Waals surface area contributed by atoms with E-state index in [9.17, 15) is 4.79 Å². The Morgan fingerprint density at radius 2 is 2.04 bits per heavy atom. The first-order chi connectivity index (χ1) is 12.2. The van der Waals surface area contributed by atoms with Crippen molar-refractivity contribution in [2.24, 2.45) is 0 Å². The molecule has 25 heavy (non-hydrogen) atoms. The molecule has 0 saturated carbocycles. The van der Waals surface area contributed by atoms with Gasteiger partial charge < -0.3 is 4.90 Å². The van der Waals surface area contributed by atoms with Crippen LogP contribution in [0.15, 0.2) is 48.6 Å². The Hall–Kier alpha value is -2.54. The van der Waals surface area contributed by atoms with E-state index in [2.05, 4.69) is 21.9 Å². The third-order valence-corrected chi connectivity index (χ3v) is 5.95. The van der Waals surface area contributed by atoms with Crippen LogP contribution in [0.1, 0.15) is 35.1 Å². The summed E-state index contributed by atoms with van der Waals surface area (Å²) in [5, 5.41) is 3.19. The average molecular weight is 353 g/mol. The van der Waals surface area contributed by atoms with E-state index in [4.69, 9.17) is 0 Å². The van der Waals surface area contributed by atoms with Gasteiger partial charge in [-0.2, -0.15) is 0 Å². The lowest BCUT2D eigenvalue weighted by molar-refractivity contribution is 0.0675. The van der Waals surface area contributed by atoms with Gasteiger partial charge >= 0.3 is 0 Å². The van der Waals surface area contributed by atoms with Gasteiger partial charge in [-0.15, -0.1) is 11.3 Å². The zero-order valence-electron chi connectivity index (χ0n) is 14.0. The number of amides is 1. The molecule has 6 nitrogen and oxygen atoms in total. The van der Waals surface area contributed by atoms with E-state index in [-0.39, 0.29) is 11.3 Å². The molecule has 1 amide bonds. The molecule has 0 unspecified atom stereocenters. The standard InChI is InChI=1S/C18H19N5OS/c1-18(17-20-7-11-25-17)4-8-22(9-5-18)16(24)14-2-3-15(21-12-14)23-10-6-19-13-23/h2-3,6-7,10-13H,4-5,8-9H2,1H3. The normalized spacial score (nSPS) is 16.8. The summed E-state index contributed by atoms with van der Waals surface area (Å²) < 4.78 is 1.81. The van der Waals surface area contributed by atoms with Crippen molar-refractivity contribution >= 4 is 17.2 Å². The van der Waals surface area contributed by atoms with Crippen LogP contribution in [0.2, 0.25) is 0 Å². The number of thiazole rings is 1. The predicted octanol–water partition coefficient (Wildman–Crippen LogP) is 2.92. The molecule has 0 N–H and O–H groups in total. The number of piperidine rings is 1. The number of pyridine rings is 1. The highest BCUT2D eigenvalue weighted by atomic mass is 32.1. The summed E-state index contributed by atoms with van der Waals surface area (Å²) in [6, 6.07) is 3.68. The summed E-state index contributed by atoms with van der Waals surface area (Å²) >= 11 is 1.70. The Labute approximate surface area is 150 Å². The van der Waals surface area contributed by atoms with Crippen LogP contribution in [-0.2, 0) is 5.41 Å². The summed E-state index contributed by atoms with van der Waals surface area (Å²) in [7, 11) is 0. The van der Waals surface area contributed by atoms with Crippen LogP contribution in [-0.4, -0.2) is 43.4 Å². The molecule has 4 rings (SSSR count). The van der Waals surface area contributed by atoms with E-state index < -0.39 is 0 Å². The lowest BCUT2D eigenvalue weighted by atomic mass is 9.81. The fourth-order valence-corrected chi connectivity index (χ4v) is 4.04. The van der Waals surface area contributed by atoms with Crippen molar-refractivity contribution in [2.75, 3.05) is 13.1 Å². The Kier molecular flexibility index (Phi) is 4.09. The zero-order chi connectivity index (χ0) is 17.3. The third kappa shape index (κ3) is 3.07. The van der Waals surface area contributed by atoms with Crippen molar-refractivity contribution in [3.8, 4) is 5.82 Å². The van der Waals surface area contributed by atoms with Crippen LogP contribution in [0.3, 0.4) is 0 Å². The molecule has 0 aromatic carbocycles. The number of imidazole rings is 1. The Morgan fingerprint density at radius 3 is 2.64 bits per heavy atom. The number of nitrogens with zero attached hydrogens (tertiary/aromatic N) is 5. The lowest BCUT2D eigenvalue weighted by Gasteiger charge is -2.38. The summed E-state index contributed by atoms with van der Waals surface area (Å²) in [6.07, 6.45) is 10.6. The molecule has 0 radical (unpaired) electrons. The second-order valence-corrected chi connectivity index (χ2v) is 7.46. The Bertz CT molecular complexity index is 834. The van der Waals surface area contributed by atoms with Gasteiger partial charge in [-0.1, -0.05) is 6.92 Å². The van der Waals surface area contributed by atoms with Gasteiger partial charge in [-0.3, -0.25) is 9.36 Å². The Morgan fingerprint density at radius 1 is 1.20 bits per heavy atom. The Balaban J connectivity index is 1.44. The summed E-state index contributed by atoms with van der Waals surface area (Å²) in [5.41, 5.74) is 0.704. The number of hydrogen-bond donors (Lipinski definition) is 0.